The Bertz CT molecular complexity index is 964. The van der Waals surface area contributed by atoms with E-state index in [-0.39, 0.29) is 5.91 Å². The van der Waals surface area contributed by atoms with Crippen molar-refractivity contribution >= 4 is 12.0 Å². The summed E-state index contributed by atoms with van der Waals surface area (Å²) in [5.74, 6) is 1.43. The monoisotopic (exact) mass is 405 g/mol. The largest absolute Gasteiger partial charge is 0.496 e. The Hall–Kier alpha value is -3.54. The quantitative estimate of drug-likeness (QED) is 0.409. The molecule has 6 nitrogen and oxygen atoms in total. The second-order valence-electron chi connectivity index (χ2n) is 6.92. The number of hydrogen-bond acceptors (Lipinski definition) is 4. The molecule has 0 aliphatic heterocycles. The molecule has 30 heavy (non-hydrogen) atoms. The van der Waals surface area contributed by atoms with Crippen molar-refractivity contribution in [2.45, 2.75) is 26.5 Å². The van der Waals surface area contributed by atoms with Crippen molar-refractivity contribution in [2.24, 2.45) is 0 Å². The van der Waals surface area contributed by atoms with Crippen molar-refractivity contribution in [3.63, 3.8) is 0 Å². The second kappa shape index (κ2) is 10.9. The Morgan fingerprint density at radius 3 is 2.77 bits per heavy atom. The third-order valence-corrected chi connectivity index (χ3v) is 4.57. The fourth-order valence-corrected chi connectivity index (χ4v) is 2.93. The van der Waals surface area contributed by atoms with Gasteiger partial charge < -0.3 is 14.8 Å². The number of nitrogens with zero attached hydrogens (tertiary/aromatic N) is 2. The minimum absolute atomic E-state index is 0.122. The van der Waals surface area contributed by atoms with Gasteiger partial charge in [0.05, 0.1) is 7.11 Å². The Balaban J connectivity index is 1.52. The van der Waals surface area contributed by atoms with Gasteiger partial charge in [0.2, 0.25) is 5.91 Å². The van der Waals surface area contributed by atoms with Crippen molar-refractivity contribution in [1.82, 2.24) is 15.1 Å². The Labute approximate surface area is 177 Å². The van der Waals surface area contributed by atoms with Gasteiger partial charge in [-0.25, -0.2) is 0 Å². The highest BCUT2D eigenvalue weighted by Gasteiger charge is 2.05. The summed E-state index contributed by atoms with van der Waals surface area (Å²) < 4.78 is 13.2. The predicted octanol–water partition coefficient (Wildman–Crippen LogP) is 4.00. The molecule has 3 aromatic rings. The number of carbonyl (C=O) groups is 1. The molecule has 6 heteroatoms. The first-order chi connectivity index (χ1) is 14.6. The molecule has 0 radical (unpaired) electrons. The lowest BCUT2D eigenvalue weighted by atomic mass is 10.1. The maximum atomic E-state index is 12.1. The van der Waals surface area contributed by atoms with Gasteiger partial charge >= 0.3 is 0 Å². The van der Waals surface area contributed by atoms with Crippen molar-refractivity contribution < 1.29 is 14.3 Å². The zero-order valence-corrected chi connectivity index (χ0v) is 17.4. The van der Waals surface area contributed by atoms with Crippen LogP contribution in [-0.2, 0) is 17.9 Å². The summed E-state index contributed by atoms with van der Waals surface area (Å²) in [7, 11) is 1.64. The van der Waals surface area contributed by atoms with Crippen molar-refractivity contribution in [1.29, 1.82) is 0 Å². The van der Waals surface area contributed by atoms with E-state index in [0.717, 1.165) is 35.6 Å². The van der Waals surface area contributed by atoms with Crippen molar-refractivity contribution in [2.75, 3.05) is 13.7 Å². The number of amides is 1. The third-order valence-electron chi connectivity index (χ3n) is 4.57. The molecule has 156 valence electrons. The van der Waals surface area contributed by atoms with E-state index in [2.05, 4.69) is 10.4 Å². The lowest BCUT2D eigenvalue weighted by Gasteiger charge is -2.11. The summed E-state index contributed by atoms with van der Waals surface area (Å²) in [4.78, 5) is 12.1. The van der Waals surface area contributed by atoms with Crippen LogP contribution in [0.15, 0.2) is 67.0 Å². The molecule has 1 amide bonds. The number of hydrogen-bond donors (Lipinski definition) is 1. The van der Waals surface area contributed by atoms with Gasteiger partial charge in [-0.15, -0.1) is 0 Å². The van der Waals surface area contributed by atoms with E-state index < -0.39 is 0 Å². The molecule has 0 saturated heterocycles. The van der Waals surface area contributed by atoms with Crippen LogP contribution in [0.1, 0.15) is 23.1 Å². The summed E-state index contributed by atoms with van der Waals surface area (Å²) >= 11 is 0. The smallest absolute Gasteiger partial charge is 0.244 e. The lowest BCUT2D eigenvalue weighted by Crippen LogP contribution is -2.23. The first-order valence-electron chi connectivity index (χ1n) is 9.94. The summed E-state index contributed by atoms with van der Waals surface area (Å²) in [6.07, 6.45) is 7.81. The average molecular weight is 405 g/mol. The number of benzene rings is 2. The standard InChI is InChI=1S/C24H27N3O3/c1-19-5-9-22(10-6-19)30-18-21-17-20(7-11-23(21)29-2)8-12-24(28)25-13-3-15-27-16-4-14-26-27/h4-12,14,16-17H,3,13,15,18H2,1-2H3,(H,25,28)/b12-8+. The van der Waals surface area contributed by atoms with Crippen LogP contribution in [0.3, 0.4) is 0 Å². The van der Waals surface area contributed by atoms with Crippen LogP contribution in [0.5, 0.6) is 11.5 Å². The predicted molar refractivity (Wildman–Crippen MR) is 117 cm³/mol. The molecule has 2 aromatic carbocycles. The van der Waals surface area contributed by atoms with Crippen molar-refractivity contribution in [3.8, 4) is 11.5 Å². The zero-order chi connectivity index (χ0) is 21.2. The van der Waals surface area contributed by atoms with Crippen LogP contribution >= 0.6 is 0 Å². The lowest BCUT2D eigenvalue weighted by molar-refractivity contribution is -0.116. The highest BCUT2D eigenvalue weighted by atomic mass is 16.5. The van der Waals surface area contributed by atoms with Gasteiger partial charge in [-0.1, -0.05) is 23.8 Å². The van der Waals surface area contributed by atoms with Gasteiger partial charge in [-0.3, -0.25) is 9.48 Å². The van der Waals surface area contributed by atoms with Crippen LogP contribution in [0.2, 0.25) is 0 Å². The van der Waals surface area contributed by atoms with Crippen LogP contribution in [0.4, 0.5) is 0 Å². The van der Waals surface area contributed by atoms with E-state index in [9.17, 15) is 4.79 Å². The van der Waals surface area contributed by atoms with Gasteiger partial charge in [0.1, 0.15) is 18.1 Å². The number of methoxy groups -OCH3 is 1. The van der Waals surface area contributed by atoms with E-state index in [4.69, 9.17) is 9.47 Å². The fraction of sp³-hybridized carbons (Fsp3) is 0.250. The number of ether oxygens (including phenoxy) is 2. The minimum atomic E-state index is -0.122. The molecule has 0 fully saturated rings. The van der Waals surface area contributed by atoms with E-state index in [1.165, 1.54) is 5.56 Å². The first kappa shape index (κ1) is 21.2. The summed E-state index contributed by atoms with van der Waals surface area (Å²) in [5.41, 5.74) is 3.01. The first-order valence-corrected chi connectivity index (χ1v) is 9.94. The normalized spacial score (nSPS) is 10.9. The Morgan fingerprint density at radius 2 is 2.03 bits per heavy atom. The van der Waals surface area contributed by atoms with Gasteiger partial charge in [-0.05, 0) is 55.3 Å². The van der Waals surface area contributed by atoms with Crippen LogP contribution < -0.4 is 14.8 Å². The van der Waals surface area contributed by atoms with Gasteiger partial charge in [0.25, 0.3) is 0 Å². The highest BCUT2D eigenvalue weighted by Crippen LogP contribution is 2.23. The summed E-state index contributed by atoms with van der Waals surface area (Å²) in [6, 6.07) is 15.6. The Morgan fingerprint density at radius 1 is 1.20 bits per heavy atom. The molecule has 0 aliphatic carbocycles. The van der Waals surface area contributed by atoms with Crippen LogP contribution in [0, 0.1) is 6.92 Å². The highest BCUT2D eigenvalue weighted by molar-refractivity contribution is 5.91. The molecule has 3 rings (SSSR count). The van der Waals surface area contributed by atoms with Gasteiger partial charge in [0, 0.05) is 37.1 Å². The van der Waals surface area contributed by atoms with Gasteiger partial charge in [0.15, 0.2) is 0 Å². The maximum Gasteiger partial charge on any atom is 0.244 e. The summed E-state index contributed by atoms with van der Waals surface area (Å²) in [5, 5.41) is 7.03. The molecule has 0 bridgehead atoms. The summed E-state index contributed by atoms with van der Waals surface area (Å²) in [6.45, 7) is 3.80. The molecule has 0 spiro atoms. The number of aromatic nitrogens is 2. The molecule has 0 saturated carbocycles. The third kappa shape index (κ3) is 6.51. The van der Waals surface area contributed by atoms with Gasteiger partial charge in [-0.2, -0.15) is 5.10 Å². The molecule has 0 atom stereocenters. The molecule has 1 aromatic heterocycles. The number of nitrogens with one attached hydrogen (secondary N) is 1. The van der Waals surface area contributed by atoms with E-state index >= 15 is 0 Å². The Kier molecular flexibility index (Phi) is 7.66. The number of rotatable bonds is 10. The molecule has 0 aliphatic rings. The van der Waals surface area contributed by atoms with Crippen LogP contribution in [-0.4, -0.2) is 29.3 Å². The van der Waals surface area contributed by atoms with Crippen LogP contribution in [0.25, 0.3) is 6.08 Å². The second-order valence-corrected chi connectivity index (χ2v) is 6.92. The molecule has 0 unspecified atom stereocenters. The van der Waals surface area contributed by atoms with E-state index in [0.29, 0.717) is 13.2 Å². The number of aryl methyl sites for hydroxylation is 2. The molecule has 1 N–H and O–H groups in total. The van der Waals surface area contributed by atoms with E-state index in [1.54, 1.807) is 25.5 Å². The van der Waals surface area contributed by atoms with Crippen molar-refractivity contribution in [3.05, 3.63) is 83.7 Å². The average Bonchev–Trinajstić information content (AvgIpc) is 3.28. The number of carbonyl (C=O) groups excluding carboxylic acids is 1. The molecular formula is C24H27N3O3. The SMILES string of the molecule is COc1ccc(/C=C/C(=O)NCCCn2cccn2)cc1COc1ccc(C)cc1. The topological polar surface area (TPSA) is 65.4 Å². The van der Waals surface area contributed by atoms with E-state index in [1.807, 2.05) is 66.3 Å². The minimum Gasteiger partial charge on any atom is -0.496 e. The maximum absolute atomic E-state index is 12.1. The molecule has 1 heterocycles. The fourth-order valence-electron chi connectivity index (χ4n) is 2.93. The zero-order valence-electron chi connectivity index (χ0n) is 17.4. The molecular weight excluding hydrogens is 378 g/mol.